The number of halogens is 1. The summed E-state index contributed by atoms with van der Waals surface area (Å²) in [5, 5.41) is 0. The molecule has 1 atom stereocenters. The second-order valence-electron chi connectivity index (χ2n) is 8.38. The summed E-state index contributed by atoms with van der Waals surface area (Å²) in [6, 6.07) is 5.32. The molecule has 0 aromatic heterocycles. The summed E-state index contributed by atoms with van der Waals surface area (Å²) >= 11 is 0. The maximum Gasteiger partial charge on any atom is 0.410 e. The highest BCUT2D eigenvalue weighted by molar-refractivity contribution is 5.96. The third-order valence-electron chi connectivity index (χ3n) is 4.28. The Morgan fingerprint density at radius 1 is 1.08 bits per heavy atom. The molecule has 0 aliphatic heterocycles. The zero-order valence-corrected chi connectivity index (χ0v) is 16.4. The molecule has 0 radical (unpaired) electrons. The Balaban J connectivity index is 2.69. The van der Waals surface area contributed by atoms with E-state index >= 15 is 0 Å². The number of rotatable bonds is 5. The normalized spacial score (nSPS) is 13.3. The van der Waals surface area contributed by atoms with E-state index in [0.29, 0.717) is 5.56 Å². The van der Waals surface area contributed by atoms with Gasteiger partial charge in [0, 0.05) is 23.6 Å². The molecule has 0 unspecified atom stereocenters. The van der Waals surface area contributed by atoms with Gasteiger partial charge in [0.05, 0.1) is 0 Å². The Labute approximate surface area is 150 Å². The van der Waals surface area contributed by atoms with Gasteiger partial charge >= 0.3 is 6.09 Å². The molecule has 0 bridgehead atoms. The van der Waals surface area contributed by atoms with Gasteiger partial charge in [-0.3, -0.25) is 4.79 Å². The Kier molecular flexibility index (Phi) is 6.75. The maximum absolute atomic E-state index is 12.9. The van der Waals surface area contributed by atoms with Crippen LogP contribution in [0.25, 0.3) is 0 Å². The van der Waals surface area contributed by atoms with Gasteiger partial charge in [-0.1, -0.05) is 20.8 Å². The van der Waals surface area contributed by atoms with Crippen molar-refractivity contribution in [3.8, 4) is 0 Å². The fourth-order valence-electron chi connectivity index (χ4n) is 2.48. The molecule has 140 valence electrons. The molecular weight excluding hydrogens is 321 g/mol. The van der Waals surface area contributed by atoms with Gasteiger partial charge in [-0.15, -0.1) is 0 Å². The predicted molar refractivity (Wildman–Crippen MR) is 97.2 cm³/mol. The molecule has 25 heavy (non-hydrogen) atoms. The van der Waals surface area contributed by atoms with Crippen LogP contribution in [0.2, 0.25) is 0 Å². The highest BCUT2D eigenvalue weighted by Crippen LogP contribution is 2.30. The van der Waals surface area contributed by atoms with E-state index in [2.05, 4.69) is 20.8 Å². The first-order valence-electron chi connectivity index (χ1n) is 8.59. The summed E-state index contributed by atoms with van der Waals surface area (Å²) in [5.41, 5.74) is -0.0887. The van der Waals surface area contributed by atoms with Crippen LogP contribution in [0.15, 0.2) is 24.3 Å². The molecule has 4 nitrogen and oxygen atoms in total. The average Bonchev–Trinajstić information content (AvgIpc) is 2.45. The molecule has 0 saturated heterocycles. The zero-order chi connectivity index (χ0) is 19.4. The number of benzene rings is 1. The second-order valence-corrected chi connectivity index (χ2v) is 8.38. The van der Waals surface area contributed by atoms with Crippen molar-refractivity contribution in [2.24, 2.45) is 5.41 Å². The third kappa shape index (κ3) is 6.15. The van der Waals surface area contributed by atoms with Crippen LogP contribution in [0, 0.1) is 11.2 Å². The van der Waals surface area contributed by atoms with E-state index in [4.69, 9.17) is 4.74 Å². The highest BCUT2D eigenvalue weighted by Gasteiger charge is 2.37. The fraction of sp³-hybridized carbons (Fsp3) is 0.600. The topological polar surface area (TPSA) is 46.6 Å². The largest absolute Gasteiger partial charge is 0.449 e. The molecule has 1 aromatic carbocycles. The minimum atomic E-state index is -0.429. The van der Waals surface area contributed by atoms with Gasteiger partial charge in [-0.25, -0.2) is 9.18 Å². The predicted octanol–water partition coefficient (Wildman–Crippen LogP) is 5.07. The van der Waals surface area contributed by atoms with Crippen molar-refractivity contribution in [3.05, 3.63) is 35.6 Å². The number of amides is 1. The summed E-state index contributed by atoms with van der Waals surface area (Å²) in [5.74, 6) is -0.570. The summed E-state index contributed by atoms with van der Waals surface area (Å²) in [6.07, 6.45) is -0.360. The standard InChI is InChI=1S/C20H30FNO3/c1-14(19(2,3)4)22(20(5,6)7)18(24)25-13-12-17(23)15-8-10-16(21)11-9-15/h8-11,14H,12-13H2,1-7H3/t14-/m0/s1. The minimum Gasteiger partial charge on any atom is -0.449 e. The van der Waals surface area contributed by atoms with Crippen molar-refractivity contribution < 1.29 is 18.7 Å². The molecule has 0 N–H and O–H groups in total. The lowest BCUT2D eigenvalue weighted by molar-refractivity contribution is 0.0176. The number of ether oxygens (including phenoxy) is 1. The van der Waals surface area contributed by atoms with Gasteiger partial charge in [0.1, 0.15) is 12.4 Å². The van der Waals surface area contributed by atoms with E-state index in [-0.39, 0.29) is 36.1 Å². The Hall–Kier alpha value is -1.91. The van der Waals surface area contributed by atoms with Gasteiger partial charge in [0.2, 0.25) is 0 Å². The molecule has 0 aliphatic rings. The molecule has 0 spiro atoms. The lowest BCUT2D eigenvalue weighted by Crippen LogP contribution is -2.55. The fourth-order valence-corrected chi connectivity index (χ4v) is 2.48. The zero-order valence-electron chi connectivity index (χ0n) is 16.4. The van der Waals surface area contributed by atoms with Crippen LogP contribution in [0.5, 0.6) is 0 Å². The molecule has 5 heteroatoms. The second kappa shape index (κ2) is 7.98. The number of carbonyl (C=O) groups excluding carboxylic acids is 2. The van der Waals surface area contributed by atoms with Gasteiger partial charge in [0.25, 0.3) is 0 Å². The van der Waals surface area contributed by atoms with Crippen molar-refractivity contribution in [1.29, 1.82) is 0 Å². The van der Waals surface area contributed by atoms with Crippen molar-refractivity contribution in [2.75, 3.05) is 6.61 Å². The molecule has 0 aliphatic carbocycles. The lowest BCUT2D eigenvalue weighted by atomic mass is 9.85. The quantitative estimate of drug-likeness (QED) is 0.696. The number of ketones is 1. The number of hydrogen-bond donors (Lipinski definition) is 0. The van der Waals surface area contributed by atoms with Crippen LogP contribution < -0.4 is 0 Å². The van der Waals surface area contributed by atoms with Crippen LogP contribution in [0.3, 0.4) is 0 Å². The van der Waals surface area contributed by atoms with Gasteiger partial charge in [0.15, 0.2) is 5.78 Å². The van der Waals surface area contributed by atoms with E-state index in [1.165, 1.54) is 24.3 Å². The van der Waals surface area contributed by atoms with E-state index < -0.39 is 11.6 Å². The highest BCUT2D eigenvalue weighted by atomic mass is 19.1. The first kappa shape index (κ1) is 21.1. The van der Waals surface area contributed by atoms with Crippen LogP contribution in [0.4, 0.5) is 9.18 Å². The van der Waals surface area contributed by atoms with Crippen LogP contribution in [-0.2, 0) is 4.74 Å². The molecule has 0 fully saturated rings. The summed E-state index contributed by atoms with van der Waals surface area (Å²) < 4.78 is 18.2. The molecule has 0 heterocycles. The monoisotopic (exact) mass is 351 g/mol. The van der Waals surface area contributed by atoms with Crippen LogP contribution in [-0.4, -0.2) is 35.0 Å². The van der Waals surface area contributed by atoms with Crippen molar-refractivity contribution in [2.45, 2.75) is 66.5 Å². The SMILES string of the molecule is C[C@H](N(C(=O)OCCC(=O)c1ccc(F)cc1)C(C)(C)C)C(C)(C)C. The molecule has 1 aromatic rings. The third-order valence-corrected chi connectivity index (χ3v) is 4.28. The first-order valence-corrected chi connectivity index (χ1v) is 8.59. The number of Topliss-reactive ketones (excluding diaryl/α,β-unsaturated/α-hetero) is 1. The van der Waals surface area contributed by atoms with Gasteiger partial charge in [-0.2, -0.15) is 0 Å². The Morgan fingerprint density at radius 2 is 1.60 bits per heavy atom. The first-order chi connectivity index (χ1) is 11.3. The van der Waals surface area contributed by atoms with Gasteiger partial charge < -0.3 is 9.64 Å². The lowest BCUT2D eigenvalue weighted by Gasteiger charge is -2.44. The minimum absolute atomic E-state index is 0.00150. The summed E-state index contributed by atoms with van der Waals surface area (Å²) in [4.78, 5) is 26.4. The van der Waals surface area contributed by atoms with Crippen molar-refractivity contribution in [3.63, 3.8) is 0 Å². The molecule has 0 saturated carbocycles. The van der Waals surface area contributed by atoms with Crippen LogP contribution >= 0.6 is 0 Å². The van der Waals surface area contributed by atoms with E-state index in [9.17, 15) is 14.0 Å². The summed E-state index contributed by atoms with van der Waals surface area (Å²) in [6.45, 7) is 14.1. The van der Waals surface area contributed by atoms with Gasteiger partial charge in [-0.05, 0) is 57.4 Å². The maximum atomic E-state index is 12.9. The van der Waals surface area contributed by atoms with E-state index in [1.807, 2.05) is 27.7 Å². The Bertz CT molecular complexity index is 597. The number of hydrogen-bond acceptors (Lipinski definition) is 3. The van der Waals surface area contributed by atoms with Crippen molar-refractivity contribution in [1.82, 2.24) is 4.90 Å². The number of carbonyl (C=O) groups is 2. The van der Waals surface area contributed by atoms with E-state index in [0.717, 1.165) is 0 Å². The molecular formula is C20H30FNO3. The number of nitrogens with zero attached hydrogens (tertiary/aromatic N) is 1. The van der Waals surface area contributed by atoms with E-state index in [1.54, 1.807) is 4.90 Å². The molecule has 1 amide bonds. The average molecular weight is 351 g/mol. The van der Waals surface area contributed by atoms with Crippen LogP contribution in [0.1, 0.15) is 65.2 Å². The Morgan fingerprint density at radius 3 is 2.04 bits per heavy atom. The summed E-state index contributed by atoms with van der Waals surface area (Å²) in [7, 11) is 0. The van der Waals surface area contributed by atoms with Crippen molar-refractivity contribution >= 4 is 11.9 Å². The smallest absolute Gasteiger partial charge is 0.410 e. The molecule has 1 rings (SSSR count).